The molecule has 24 heavy (non-hydrogen) atoms. The van der Waals surface area contributed by atoms with Gasteiger partial charge in [-0.2, -0.15) is 4.31 Å². The van der Waals surface area contributed by atoms with E-state index >= 15 is 0 Å². The molecule has 132 valence electrons. The van der Waals surface area contributed by atoms with Crippen molar-refractivity contribution in [3.63, 3.8) is 0 Å². The number of hydrogen-bond acceptors (Lipinski definition) is 4. The highest BCUT2D eigenvalue weighted by Crippen LogP contribution is 2.30. The van der Waals surface area contributed by atoms with E-state index in [1.165, 1.54) is 16.1 Å². The van der Waals surface area contributed by atoms with Crippen molar-refractivity contribution in [1.82, 2.24) is 9.62 Å². The molecule has 1 aliphatic carbocycles. The molecule has 0 radical (unpaired) electrons. The van der Waals surface area contributed by atoms with Gasteiger partial charge in [0.05, 0.1) is 21.7 Å². The molecule has 1 saturated carbocycles. The highest BCUT2D eigenvalue weighted by Gasteiger charge is 2.39. The van der Waals surface area contributed by atoms with E-state index in [1.807, 2.05) is 0 Å². The van der Waals surface area contributed by atoms with Gasteiger partial charge in [0.25, 0.3) is 0 Å². The van der Waals surface area contributed by atoms with Gasteiger partial charge in [-0.05, 0) is 36.5 Å². The minimum Gasteiger partial charge on any atom is -0.354 e. The summed E-state index contributed by atoms with van der Waals surface area (Å²) in [5.41, 5.74) is 0.554. The number of halogens is 2. The number of nitrogens with zero attached hydrogens (tertiary/aromatic N) is 1. The Kier molecular flexibility index (Phi) is 5.66. The molecular formula is C15H18Cl2N2O3S2. The van der Waals surface area contributed by atoms with Gasteiger partial charge in [-0.15, -0.1) is 11.8 Å². The van der Waals surface area contributed by atoms with Crippen LogP contribution in [0.25, 0.3) is 0 Å². The fourth-order valence-corrected chi connectivity index (χ4v) is 6.14. The summed E-state index contributed by atoms with van der Waals surface area (Å²) in [6.45, 7) is 0.640. The first-order chi connectivity index (χ1) is 11.4. The molecule has 1 unspecified atom stereocenters. The van der Waals surface area contributed by atoms with Gasteiger partial charge in [-0.25, -0.2) is 8.42 Å². The van der Waals surface area contributed by atoms with Crippen LogP contribution in [0.15, 0.2) is 18.2 Å². The third-order valence-corrected chi connectivity index (χ3v) is 7.81. The van der Waals surface area contributed by atoms with Crippen LogP contribution in [-0.2, 0) is 20.6 Å². The molecule has 1 N–H and O–H groups in total. The second kappa shape index (κ2) is 7.41. The van der Waals surface area contributed by atoms with Crippen LogP contribution in [0.5, 0.6) is 0 Å². The molecule has 1 aliphatic heterocycles. The molecule has 1 aromatic rings. The standard InChI is InChI=1S/C15H18Cl2N2O3S2/c16-12-4-3-11(5-13(12)17)8-24(21,22)19-9-23-7-14(19)15(20)18-6-10-1-2-10/h3-5,10,14H,1-2,6-9H2,(H,18,20). The lowest BCUT2D eigenvalue weighted by Crippen LogP contribution is -2.47. The Morgan fingerprint density at radius 3 is 2.71 bits per heavy atom. The molecule has 9 heteroatoms. The fourth-order valence-electron chi connectivity index (χ4n) is 2.52. The van der Waals surface area contributed by atoms with Gasteiger partial charge in [0, 0.05) is 12.3 Å². The van der Waals surface area contributed by atoms with E-state index < -0.39 is 16.1 Å². The molecule has 0 spiro atoms. The van der Waals surface area contributed by atoms with E-state index in [0.717, 1.165) is 12.8 Å². The van der Waals surface area contributed by atoms with Crippen molar-refractivity contribution in [2.45, 2.75) is 24.6 Å². The largest absolute Gasteiger partial charge is 0.354 e. The Labute approximate surface area is 156 Å². The fraction of sp³-hybridized carbons (Fsp3) is 0.533. The first-order valence-electron chi connectivity index (χ1n) is 7.66. The van der Waals surface area contributed by atoms with E-state index in [-0.39, 0.29) is 11.7 Å². The van der Waals surface area contributed by atoms with E-state index in [0.29, 0.717) is 39.7 Å². The first kappa shape index (κ1) is 18.3. The second-order valence-corrected chi connectivity index (χ2v) is 9.83. The SMILES string of the molecule is O=C(NCC1CC1)C1CSCN1S(=O)(=O)Cc1ccc(Cl)c(Cl)c1. The molecule has 1 atom stereocenters. The topological polar surface area (TPSA) is 66.5 Å². The van der Waals surface area contributed by atoms with Crippen LogP contribution in [0.1, 0.15) is 18.4 Å². The summed E-state index contributed by atoms with van der Waals surface area (Å²) in [5, 5.41) is 3.57. The van der Waals surface area contributed by atoms with Gasteiger partial charge in [0.15, 0.2) is 0 Å². The van der Waals surface area contributed by atoms with Crippen molar-refractivity contribution in [3.05, 3.63) is 33.8 Å². The van der Waals surface area contributed by atoms with E-state index in [4.69, 9.17) is 23.2 Å². The monoisotopic (exact) mass is 408 g/mol. The number of hydrogen-bond donors (Lipinski definition) is 1. The molecule has 1 heterocycles. The lowest BCUT2D eigenvalue weighted by molar-refractivity contribution is -0.123. The number of sulfonamides is 1. The summed E-state index contributed by atoms with van der Waals surface area (Å²) >= 11 is 13.3. The van der Waals surface area contributed by atoms with Crippen LogP contribution in [-0.4, -0.2) is 42.8 Å². The third kappa shape index (κ3) is 4.38. The van der Waals surface area contributed by atoms with Crippen molar-refractivity contribution in [2.75, 3.05) is 18.2 Å². The number of carbonyl (C=O) groups is 1. The van der Waals surface area contributed by atoms with Crippen LogP contribution < -0.4 is 5.32 Å². The lowest BCUT2D eigenvalue weighted by atomic mass is 10.2. The Balaban J connectivity index is 1.69. The van der Waals surface area contributed by atoms with Crippen LogP contribution >= 0.6 is 35.0 Å². The average molecular weight is 409 g/mol. The smallest absolute Gasteiger partial charge is 0.239 e. The van der Waals surface area contributed by atoms with E-state index in [9.17, 15) is 13.2 Å². The zero-order valence-electron chi connectivity index (χ0n) is 12.9. The maximum absolute atomic E-state index is 12.7. The number of amides is 1. The zero-order chi connectivity index (χ0) is 17.3. The molecule has 0 aromatic heterocycles. The van der Waals surface area contributed by atoms with Crippen molar-refractivity contribution in [3.8, 4) is 0 Å². The number of carbonyl (C=O) groups excluding carboxylic acids is 1. The number of thioether (sulfide) groups is 1. The summed E-state index contributed by atoms with van der Waals surface area (Å²) in [6.07, 6.45) is 2.28. The summed E-state index contributed by atoms with van der Waals surface area (Å²) in [6, 6.07) is 4.12. The Morgan fingerprint density at radius 2 is 2.04 bits per heavy atom. The first-order valence-corrected chi connectivity index (χ1v) is 11.2. The van der Waals surface area contributed by atoms with Gasteiger partial charge in [-0.3, -0.25) is 4.79 Å². The molecule has 2 fully saturated rings. The van der Waals surface area contributed by atoms with E-state index in [2.05, 4.69) is 5.32 Å². The summed E-state index contributed by atoms with van der Waals surface area (Å²) < 4.78 is 26.7. The van der Waals surface area contributed by atoms with Crippen LogP contribution in [0.4, 0.5) is 0 Å². The minimum atomic E-state index is -3.61. The molecule has 1 saturated heterocycles. The molecule has 1 amide bonds. The number of rotatable bonds is 6. The van der Waals surface area contributed by atoms with Gasteiger partial charge in [0.2, 0.25) is 15.9 Å². The second-order valence-electron chi connectivity index (χ2n) is 6.10. The molecule has 1 aromatic carbocycles. The molecular weight excluding hydrogens is 391 g/mol. The molecule has 2 aliphatic rings. The normalized spacial score (nSPS) is 21.8. The average Bonchev–Trinajstić information content (AvgIpc) is 3.21. The predicted octanol–water partition coefficient (Wildman–Crippen LogP) is 2.72. The van der Waals surface area contributed by atoms with Crippen molar-refractivity contribution < 1.29 is 13.2 Å². The summed E-state index contributed by atoms with van der Waals surface area (Å²) in [4.78, 5) is 12.3. The Hall–Kier alpha value is -0.470. The number of nitrogens with one attached hydrogen (secondary N) is 1. The predicted molar refractivity (Wildman–Crippen MR) is 97.8 cm³/mol. The molecule has 0 bridgehead atoms. The molecule has 3 rings (SSSR count). The summed E-state index contributed by atoms with van der Waals surface area (Å²) in [5.74, 6) is 0.938. The van der Waals surface area contributed by atoms with E-state index in [1.54, 1.807) is 18.2 Å². The number of benzene rings is 1. The maximum Gasteiger partial charge on any atom is 0.239 e. The van der Waals surface area contributed by atoms with Crippen molar-refractivity contribution in [2.24, 2.45) is 5.92 Å². The van der Waals surface area contributed by atoms with Crippen LogP contribution in [0, 0.1) is 5.92 Å². The van der Waals surface area contributed by atoms with Gasteiger partial charge < -0.3 is 5.32 Å². The highest BCUT2D eigenvalue weighted by molar-refractivity contribution is 8.00. The Bertz CT molecular complexity index is 738. The summed E-state index contributed by atoms with van der Waals surface area (Å²) in [7, 11) is -3.61. The maximum atomic E-state index is 12.7. The van der Waals surface area contributed by atoms with Crippen molar-refractivity contribution >= 4 is 50.9 Å². The van der Waals surface area contributed by atoms with Gasteiger partial charge in [-0.1, -0.05) is 29.3 Å². The van der Waals surface area contributed by atoms with Crippen molar-refractivity contribution in [1.29, 1.82) is 0 Å². The zero-order valence-corrected chi connectivity index (χ0v) is 16.0. The van der Waals surface area contributed by atoms with Gasteiger partial charge in [0.1, 0.15) is 6.04 Å². The quantitative estimate of drug-likeness (QED) is 0.785. The van der Waals surface area contributed by atoms with Crippen LogP contribution in [0.3, 0.4) is 0 Å². The minimum absolute atomic E-state index is 0.198. The third-order valence-electron chi connectivity index (χ3n) is 4.10. The lowest BCUT2D eigenvalue weighted by Gasteiger charge is -2.22. The van der Waals surface area contributed by atoms with Crippen LogP contribution in [0.2, 0.25) is 10.0 Å². The Morgan fingerprint density at radius 1 is 1.29 bits per heavy atom. The molecule has 5 nitrogen and oxygen atoms in total. The van der Waals surface area contributed by atoms with Gasteiger partial charge >= 0.3 is 0 Å². The highest BCUT2D eigenvalue weighted by atomic mass is 35.5.